The third kappa shape index (κ3) is 5.53. The van der Waals surface area contributed by atoms with Gasteiger partial charge in [0.05, 0.1) is 0 Å². The van der Waals surface area contributed by atoms with E-state index in [9.17, 15) is 14.4 Å². The molecule has 35 heavy (non-hydrogen) atoms. The molecule has 2 aromatic rings. The van der Waals surface area contributed by atoms with Crippen molar-refractivity contribution >= 4 is 41.4 Å². The summed E-state index contributed by atoms with van der Waals surface area (Å²) in [5.74, 6) is -1.04. The molecule has 1 saturated heterocycles. The van der Waals surface area contributed by atoms with Crippen molar-refractivity contribution in [1.82, 2.24) is 4.90 Å². The normalized spacial score (nSPS) is 19.4. The van der Waals surface area contributed by atoms with E-state index >= 15 is 0 Å². The van der Waals surface area contributed by atoms with E-state index in [1.807, 2.05) is 60.7 Å². The van der Waals surface area contributed by atoms with Gasteiger partial charge >= 0.3 is 11.9 Å². The summed E-state index contributed by atoms with van der Waals surface area (Å²) in [6.07, 6.45) is 2.08. The molecule has 2 heterocycles. The minimum Gasteiger partial charge on any atom is -0.458 e. The predicted molar refractivity (Wildman–Crippen MR) is 137 cm³/mol. The van der Waals surface area contributed by atoms with E-state index in [0.29, 0.717) is 10.7 Å². The first kappa shape index (κ1) is 24.8. The number of carbonyl (C=O) groups is 3. The van der Waals surface area contributed by atoms with Crippen LogP contribution in [0.15, 0.2) is 95.4 Å². The molecular formula is C26H24N2O5S2. The Kier molecular flexibility index (Phi) is 8.12. The maximum absolute atomic E-state index is 13.6. The van der Waals surface area contributed by atoms with Gasteiger partial charge in [0.25, 0.3) is 0 Å². The van der Waals surface area contributed by atoms with Crippen molar-refractivity contribution in [3.63, 3.8) is 0 Å². The first-order valence-electron chi connectivity index (χ1n) is 10.9. The monoisotopic (exact) mass is 508 g/mol. The number of amides is 1. The number of nitrogens with zero attached hydrogens (tertiary/aromatic N) is 1. The molecule has 1 amide bonds. The molecular weight excluding hydrogens is 484 g/mol. The number of fused-ring (bicyclic) bond motifs is 1. The third-order valence-corrected chi connectivity index (χ3v) is 7.73. The second-order valence-electron chi connectivity index (χ2n) is 7.65. The van der Waals surface area contributed by atoms with Gasteiger partial charge in [0.2, 0.25) is 5.91 Å². The number of carbonyl (C=O) groups excluding carboxylic acids is 3. The Hall–Kier alpha value is -3.27. The van der Waals surface area contributed by atoms with Crippen molar-refractivity contribution in [3.8, 4) is 0 Å². The van der Waals surface area contributed by atoms with E-state index in [0.717, 1.165) is 11.1 Å². The second-order valence-corrected chi connectivity index (χ2v) is 9.76. The number of thioether (sulfide) groups is 2. The number of nitrogens with two attached hydrogens (primary N) is 1. The van der Waals surface area contributed by atoms with E-state index in [1.54, 1.807) is 0 Å². The fourth-order valence-electron chi connectivity index (χ4n) is 3.68. The number of ether oxygens (including phenoxy) is 2. The molecule has 2 aliphatic rings. The van der Waals surface area contributed by atoms with Crippen LogP contribution >= 0.6 is 23.5 Å². The first-order chi connectivity index (χ1) is 17.0. The Bertz CT molecular complexity index is 1130. The Morgan fingerprint density at radius 2 is 1.77 bits per heavy atom. The number of hydrogen-bond acceptors (Lipinski definition) is 8. The molecule has 0 aliphatic carbocycles. The Labute approximate surface area is 212 Å². The highest BCUT2D eigenvalue weighted by molar-refractivity contribution is 8.08. The fourth-order valence-corrected chi connectivity index (χ4v) is 5.93. The van der Waals surface area contributed by atoms with Crippen LogP contribution < -0.4 is 5.73 Å². The number of β-lactam (4-membered cyclic amide) rings is 1. The Morgan fingerprint density at radius 3 is 2.37 bits per heavy atom. The van der Waals surface area contributed by atoms with Crippen molar-refractivity contribution in [2.24, 2.45) is 5.73 Å². The van der Waals surface area contributed by atoms with Crippen molar-refractivity contribution in [1.29, 1.82) is 0 Å². The van der Waals surface area contributed by atoms with Crippen molar-refractivity contribution in [2.45, 2.75) is 17.5 Å². The van der Waals surface area contributed by atoms with Crippen molar-refractivity contribution < 1.29 is 23.9 Å². The summed E-state index contributed by atoms with van der Waals surface area (Å²) >= 11 is 2.64. The molecule has 0 unspecified atom stereocenters. The summed E-state index contributed by atoms with van der Waals surface area (Å²) in [5.41, 5.74) is 7.75. The number of benzene rings is 2. The summed E-state index contributed by atoms with van der Waals surface area (Å²) in [4.78, 5) is 40.0. The van der Waals surface area contributed by atoms with Crippen LogP contribution in [0, 0.1) is 0 Å². The van der Waals surface area contributed by atoms with Crippen molar-refractivity contribution in [2.75, 3.05) is 12.4 Å². The predicted octanol–water partition coefficient (Wildman–Crippen LogP) is 3.75. The molecule has 0 radical (unpaired) electrons. The number of hydrogen-bond donors (Lipinski definition) is 1. The quantitative estimate of drug-likeness (QED) is 0.237. The lowest BCUT2D eigenvalue weighted by molar-refractivity contribution is -0.152. The standard InChI is InChI=1S/C26H24N2O5S2/c1-2-14-32-20(29)13-15-34-19-16-35-25-21(27)24(30)28(25)22(19)26(31)33-23(17-9-5-3-6-10-17)18-11-7-4-8-12-18/h2-13,15,21,23,25H,1,14,16,27H2/b15-13-/t21-,25-/m1/s1. The summed E-state index contributed by atoms with van der Waals surface area (Å²) < 4.78 is 11.0. The molecule has 2 aliphatic heterocycles. The lowest BCUT2D eigenvalue weighted by Crippen LogP contribution is -2.68. The van der Waals surface area contributed by atoms with Gasteiger partial charge in [0.1, 0.15) is 23.7 Å². The lowest BCUT2D eigenvalue weighted by Gasteiger charge is -2.48. The summed E-state index contributed by atoms with van der Waals surface area (Å²) in [7, 11) is 0. The van der Waals surface area contributed by atoms with Crippen LogP contribution in [0.3, 0.4) is 0 Å². The summed E-state index contributed by atoms with van der Waals surface area (Å²) in [5, 5.41) is 1.20. The highest BCUT2D eigenvalue weighted by Crippen LogP contribution is 2.44. The van der Waals surface area contributed by atoms with Gasteiger partial charge in [-0.05, 0) is 16.5 Å². The van der Waals surface area contributed by atoms with Crippen LogP contribution in [-0.2, 0) is 23.9 Å². The van der Waals surface area contributed by atoms with E-state index < -0.39 is 24.1 Å². The molecule has 0 saturated carbocycles. The van der Waals surface area contributed by atoms with Crippen molar-refractivity contribution in [3.05, 3.63) is 107 Å². The number of rotatable bonds is 9. The van der Waals surface area contributed by atoms with Crippen LogP contribution in [0.1, 0.15) is 17.2 Å². The van der Waals surface area contributed by atoms with Crippen LogP contribution in [-0.4, -0.2) is 46.5 Å². The maximum atomic E-state index is 13.6. The topological polar surface area (TPSA) is 98.9 Å². The Morgan fingerprint density at radius 1 is 1.14 bits per heavy atom. The lowest BCUT2D eigenvalue weighted by atomic mass is 10.0. The summed E-state index contributed by atoms with van der Waals surface area (Å²) in [6.45, 7) is 3.61. The van der Waals surface area contributed by atoms with Gasteiger partial charge in [-0.15, -0.1) is 11.8 Å². The first-order valence-corrected chi connectivity index (χ1v) is 12.8. The maximum Gasteiger partial charge on any atom is 0.356 e. The van der Waals surface area contributed by atoms with Crippen LogP contribution in [0.5, 0.6) is 0 Å². The van der Waals surface area contributed by atoms with Crippen LogP contribution in [0.2, 0.25) is 0 Å². The largest absolute Gasteiger partial charge is 0.458 e. The highest BCUT2D eigenvalue weighted by atomic mass is 32.2. The zero-order valence-electron chi connectivity index (χ0n) is 18.7. The molecule has 4 rings (SSSR count). The molecule has 1 fully saturated rings. The second kappa shape index (κ2) is 11.4. The molecule has 0 aromatic heterocycles. The third-order valence-electron chi connectivity index (χ3n) is 5.36. The molecule has 0 bridgehead atoms. The van der Waals surface area contributed by atoms with E-state index in [-0.39, 0.29) is 23.6 Å². The van der Waals surface area contributed by atoms with Gasteiger partial charge in [-0.1, -0.05) is 85.1 Å². The molecule has 2 atom stereocenters. The highest BCUT2D eigenvalue weighted by Gasteiger charge is 2.52. The van der Waals surface area contributed by atoms with E-state index in [2.05, 4.69) is 6.58 Å². The van der Waals surface area contributed by atoms with Gasteiger partial charge in [0.15, 0.2) is 6.10 Å². The van der Waals surface area contributed by atoms with Gasteiger partial charge in [0, 0.05) is 16.7 Å². The van der Waals surface area contributed by atoms with Gasteiger partial charge in [-0.3, -0.25) is 9.69 Å². The molecule has 7 nitrogen and oxygen atoms in total. The fraction of sp³-hybridized carbons (Fsp3) is 0.192. The average molecular weight is 509 g/mol. The van der Waals surface area contributed by atoms with E-state index in [1.165, 1.54) is 46.0 Å². The SMILES string of the molecule is C=CCOC(=O)/C=C\SC1=C(C(=O)OC(c2ccccc2)c2ccccc2)N2C(=O)[C@@H](N)[C@H]2SC1. The Balaban J connectivity index is 1.63. The smallest absolute Gasteiger partial charge is 0.356 e. The minimum atomic E-state index is -0.669. The summed E-state index contributed by atoms with van der Waals surface area (Å²) in [6, 6.07) is 18.2. The molecule has 180 valence electrons. The van der Waals surface area contributed by atoms with Gasteiger partial charge < -0.3 is 15.2 Å². The van der Waals surface area contributed by atoms with Gasteiger partial charge in [-0.2, -0.15) is 0 Å². The van der Waals surface area contributed by atoms with E-state index in [4.69, 9.17) is 15.2 Å². The average Bonchev–Trinajstić information content (AvgIpc) is 2.90. The molecule has 2 N–H and O–H groups in total. The minimum absolute atomic E-state index is 0.103. The van der Waals surface area contributed by atoms with Crippen LogP contribution in [0.25, 0.3) is 0 Å². The number of esters is 2. The molecule has 9 heteroatoms. The zero-order chi connectivity index (χ0) is 24.8. The molecule has 0 spiro atoms. The van der Waals surface area contributed by atoms with Crippen LogP contribution in [0.4, 0.5) is 0 Å². The zero-order valence-corrected chi connectivity index (χ0v) is 20.4. The molecule has 2 aromatic carbocycles. The van der Waals surface area contributed by atoms with Gasteiger partial charge in [-0.25, -0.2) is 9.59 Å².